The second-order valence-electron chi connectivity index (χ2n) is 7.27. The molecule has 0 radical (unpaired) electrons. The molecule has 0 unspecified atom stereocenters. The molecule has 0 saturated heterocycles. The molecule has 0 aliphatic heterocycles. The lowest BCUT2D eigenvalue weighted by atomic mass is 9.95. The third kappa shape index (κ3) is 5.89. The molecule has 0 bridgehead atoms. The first kappa shape index (κ1) is 20.6. The molecule has 1 atom stereocenters. The van der Waals surface area contributed by atoms with Gasteiger partial charge < -0.3 is 9.05 Å². The van der Waals surface area contributed by atoms with Crippen LogP contribution in [0.5, 0.6) is 0 Å². The van der Waals surface area contributed by atoms with Crippen molar-refractivity contribution in [1.82, 2.24) is 5.32 Å². The molecule has 1 aromatic rings. The van der Waals surface area contributed by atoms with Crippen LogP contribution in [-0.4, -0.2) is 18.2 Å². The van der Waals surface area contributed by atoms with E-state index in [1.54, 1.807) is 18.2 Å². The topological polar surface area (TPSA) is 47.6 Å². The summed E-state index contributed by atoms with van der Waals surface area (Å²) < 4.78 is 39.7. The average molecular weight is 371 g/mol. The Morgan fingerprint density at radius 2 is 1.60 bits per heavy atom. The van der Waals surface area contributed by atoms with Crippen molar-refractivity contribution in [3.8, 4) is 0 Å². The quantitative estimate of drug-likeness (QED) is 0.588. The molecule has 0 spiro atoms. The van der Waals surface area contributed by atoms with Crippen molar-refractivity contribution in [3.63, 3.8) is 0 Å². The number of benzene rings is 1. The predicted molar refractivity (Wildman–Crippen MR) is 99.2 cm³/mol. The van der Waals surface area contributed by atoms with Gasteiger partial charge in [0.25, 0.3) is 0 Å². The molecule has 4 nitrogen and oxygen atoms in total. The third-order valence-corrected chi connectivity index (χ3v) is 6.72. The van der Waals surface area contributed by atoms with E-state index >= 15 is 0 Å². The Balaban J connectivity index is 2.39. The normalized spacial score (nSPS) is 18.0. The number of halogens is 1. The first-order valence-electron chi connectivity index (χ1n) is 9.29. The Bertz CT molecular complexity index is 574. The smallest absolute Gasteiger partial charge is 0.304 e. The lowest BCUT2D eigenvalue weighted by Gasteiger charge is -2.34. The fourth-order valence-electron chi connectivity index (χ4n) is 3.28. The molecule has 0 heterocycles. The number of hydrogen-bond donors (Lipinski definition) is 1. The zero-order valence-corrected chi connectivity index (χ0v) is 16.6. The van der Waals surface area contributed by atoms with Crippen LogP contribution in [-0.2, 0) is 13.6 Å². The minimum absolute atomic E-state index is 0.193. The summed E-state index contributed by atoms with van der Waals surface area (Å²) in [6.07, 6.45) is 4.89. The lowest BCUT2D eigenvalue weighted by Crippen LogP contribution is -2.36. The van der Waals surface area contributed by atoms with Gasteiger partial charge >= 0.3 is 7.60 Å². The predicted octanol–water partition coefficient (Wildman–Crippen LogP) is 5.79. The molecular weight excluding hydrogens is 340 g/mol. The molecule has 1 aliphatic carbocycles. The van der Waals surface area contributed by atoms with Crippen molar-refractivity contribution < 1.29 is 18.0 Å². The molecule has 142 valence electrons. The Kier molecular flexibility index (Phi) is 7.63. The summed E-state index contributed by atoms with van der Waals surface area (Å²) in [5, 5.41) is 3.41. The highest BCUT2D eigenvalue weighted by molar-refractivity contribution is 7.54. The standard InChI is InChI=1S/C19H31FNO3P/c1-14(2)23-25(22,24-15(3)4)19(17-12-8-9-13-18(17)20)21-16-10-6-5-7-11-16/h8-9,12-16,19,21H,5-7,10-11H2,1-4H3/t19-/m0/s1. The van der Waals surface area contributed by atoms with E-state index in [-0.39, 0.29) is 18.2 Å². The molecular formula is C19H31FNO3P. The van der Waals surface area contributed by atoms with Crippen LogP contribution in [0.4, 0.5) is 4.39 Å². The highest BCUT2D eigenvalue weighted by Crippen LogP contribution is 2.61. The van der Waals surface area contributed by atoms with Crippen molar-refractivity contribution >= 4 is 7.60 Å². The van der Waals surface area contributed by atoms with E-state index in [0.717, 1.165) is 25.7 Å². The zero-order valence-electron chi connectivity index (χ0n) is 15.7. The maximum absolute atomic E-state index is 14.5. The van der Waals surface area contributed by atoms with Crippen LogP contribution >= 0.6 is 7.60 Å². The molecule has 1 N–H and O–H groups in total. The lowest BCUT2D eigenvalue weighted by molar-refractivity contribution is 0.131. The van der Waals surface area contributed by atoms with E-state index in [0.29, 0.717) is 5.56 Å². The average Bonchev–Trinajstić information content (AvgIpc) is 2.53. The summed E-state index contributed by atoms with van der Waals surface area (Å²) in [4.78, 5) is 0. The van der Waals surface area contributed by atoms with Gasteiger partial charge in [0.2, 0.25) is 0 Å². The molecule has 0 amide bonds. The monoisotopic (exact) mass is 371 g/mol. The Morgan fingerprint density at radius 1 is 1.04 bits per heavy atom. The van der Waals surface area contributed by atoms with Crippen LogP contribution in [0, 0.1) is 5.82 Å². The van der Waals surface area contributed by atoms with Gasteiger partial charge in [-0.2, -0.15) is 0 Å². The van der Waals surface area contributed by atoms with Gasteiger partial charge in [0, 0.05) is 11.6 Å². The van der Waals surface area contributed by atoms with Gasteiger partial charge in [-0.3, -0.25) is 9.88 Å². The van der Waals surface area contributed by atoms with E-state index in [4.69, 9.17) is 9.05 Å². The fraction of sp³-hybridized carbons (Fsp3) is 0.684. The van der Waals surface area contributed by atoms with Crippen LogP contribution in [0.2, 0.25) is 0 Å². The van der Waals surface area contributed by atoms with Crippen LogP contribution in [0.25, 0.3) is 0 Å². The van der Waals surface area contributed by atoms with E-state index in [1.165, 1.54) is 12.5 Å². The van der Waals surface area contributed by atoms with Crippen LogP contribution in [0.15, 0.2) is 24.3 Å². The van der Waals surface area contributed by atoms with E-state index in [1.807, 2.05) is 27.7 Å². The second-order valence-corrected chi connectivity index (χ2v) is 9.29. The van der Waals surface area contributed by atoms with Gasteiger partial charge in [0.1, 0.15) is 11.6 Å². The molecule has 25 heavy (non-hydrogen) atoms. The van der Waals surface area contributed by atoms with E-state index in [9.17, 15) is 8.96 Å². The Labute approximate surface area is 151 Å². The maximum Gasteiger partial charge on any atom is 0.352 e. The van der Waals surface area contributed by atoms with Gasteiger partial charge in [-0.25, -0.2) is 4.39 Å². The summed E-state index contributed by atoms with van der Waals surface area (Å²) in [6, 6.07) is 6.63. The minimum Gasteiger partial charge on any atom is -0.304 e. The number of nitrogens with one attached hydrogen (secondary N) is 1. The SMILES string of the molecule is CC(C)OP(=O)(OC(C)C)[C@H](NC1CCCCC1)c1ccccc1F. The highest BCUT2D eigenvalue weighted by atomic mass is 31.2. The zero-order chi connectivity index (χ0) is 18.4. The molecule has 1 aliphatic rings. The molecule has 0 aromatic heterocycles. The minimum atomic E-state index is -3.61. The molecule has 6 heteroatoms. The Morgan fingerprint density at radius 3 is 2.12 bits per heavy atom. The highest BCUT2D eigenvalue weighted by Gasteiger charge is 2.41. The first-order valence-corrected chi connectivity index (χ1v) is 10.9. The second kappa shape index (κ2) is 9.27. The van der Waals surface area contributed by atoms with Crippen LogP contribution < -0.4 is 5.32 Å². The van der Waals surface area contributed by atoms with Crippen molar-refractivity contribution in [3.05, 3.63) is 35.6 Å². The van der Waals surface area contributed by atoms with Gasteiger partial charge in [0.15, 0.2) is 0 Å². The molecule has 1 saturated carbocycles. The number of hydrogen-bond acceptors (Lipinski definition) is 4. The fourth-order valence-corrected chi connectivity index (χ4v) is 5.69. The van der Waals surface area contributed by atoms with Crippen molar-refractivity contribution in [2.24, 2.45) is 0 Å². The summed E-state index contributed by atoms with van der Waals surface area (Å²) in [6.45, 7) is 7.26. The largest absolute Gasteiger partial charge is 0.352 e. The van der Waals surface area contributed by atoms with Crippen LogP contribution in [0.1, 0.15) is 71.1 Å². The molecule has 1 fully saturated rings. The van der Waals surface area contributed by atoms with Crippen LogP contribution in [0.3, 0.4) is 0 Å². The third-order valence-electron chi connectivity index (χ3n) is 4.23. The van der Waals surface area contributed by atoms with Gasteiger partial charge in [-0.15, -0.1) is 0 Å². The van der Waals surface area contributed by atoms with Crippen molar-refractivity contribution in [1.29, 1.82) is 0 Å². The number of rotatable bonds is 8. The van der Waals surface area contributed by atoms with Gasteiger partial charge in [-0.05, 0) is 46.6 Å². The molecule has 1 aromatic carbocycles. The van der Waals surface area contributed by atoms with Gasteiger partial charge in [-0.1, -0.05) is 37.5 Å². The first-order chi connectivity index (χ1) is 11.8. The van der Waals surface area contributed by atoms with Crippen molar-refractivity contribution in [2.45, 2.75) is 83.8 Å². The van der Waals surface area contributed by atoms with Gasteiger partial charge in [0.05, 0.1) is 12.2 Å². The van der Waals surface area contributed by atoms with E-state index < -0.39 is 19.2 Å². The Hall–Kier alpha value is -0.740. The summed E-state index contributed by atoms with van der Waals surface area (Å²) in [5.74, 6) is -1.20. The summed E-state index contributed by atoms with van der Waals surface area (Å²) >= 11 is 0. The van der Waals surface area contributed by atoms with E-state index in [2.05, 4.69) is 5.32 Å². The molecule has 2 rings (SSSR count). The summed E-state index contributed by atoms with van der Waals surface area (Å²) in [5.41, 5.74) is 0.345. The maximum atomic E-state index is 14.5. The van der Waals surface area contributed by atoms with Crippen molar-refractivity contribution in [2.75, 3.05) is 0 Å². The summed E-state index contributed by atoms with van der Waals surface area (Å²) in [7, 11) is -3.61.